The predicted octanol–water partition coefficient (Wildman–Crippen LogP) is 0.0535. The second-order valence-electron chi connectivity index (χ2n) is 4.63. The Hall–Kier alpha value is -1.02. The van der Waals surface area contributed by atoms with Gasteiger partial charge in [-0.05, 0) is 24.6 Å². The summed E-state index contributed by atoms with van der Waals surface area (Å²) in [5, 5.41) is 3.20. The van der Waals surface area contributed by atoms with E-state index in [1.807, 2.05) is 12.1 Å². The van der Waals surface area contributed by atoms with Gasteiger partial charge in [-0.15, -0.1) is 0 Å². The molecule has 2 rings (SSSR count). The summed E-state index contributed by atoms with van der Waals surface area (Å²) in [5.74, 6) is 0. The largest absolute Gasteiger partial charge is 0.315 e. The van der Waals surface area contributed by atoms with Crippen molar-refractivity contribution in [2.45, 2.75) is 13.0 Å². The van der Waals surface area contributed by atoms with Crippen LogP contribution in [0.2, 0.25) is 0 Å². The third kappa shape index (κ3) is 3.73. The van der Waals surface area contributed by atoms with E-state index >= 15 is 0 Å². The molecule has 2 heterocycles. The molecule has 0 radical (unpaired) electrons. The highest BCUT2D eigenvalue weighted by Gasteiger charge is 2.27. The molecular formula is C12H20N4O2S. The lowest BCUT2D eigenvalue weighted by Crippen LogP contribution is -2.43. The van der Waals surface area contributed by atoms with Crippen molar-refractivity contribution < 1.29 is 8.42 Å². The summed E-state index contributed by atoms with van der Waals surface area (Å²) >= 11 is 0. The lowest BCUT2D eigenvalue weighted by atomic mass is 10.3. The summed E-state index contributed by atoms with van der Waals surface area (Å²) < 4.78 is 27.8. The van der Waals surface area contributed by atoms with Gasteiger partial charge in [0.05, 0.1) is 0 Å². The molecule has 1 aliphatic heterocycles. The topological polar surface area (TPSA) is 65.5 Å². The van der Waals surface area contributed by atoms with E-state index in [0.717, 1.165) is 18.5 Å². The van der Waals surface area contributed by atoms with Crippen molar-refractivity contribution >= 4 is 10.2 Å². The average molecular weight is 284 g/mol. The number of aromatic nitrogens is 1. The lowest BCUT2D eigenvalue weighted by Gasteiger charge is -2.26. The van der Waals surface area contributed by atoms with Crippen LogP contribution in [0, 0.1) is 0 Å². The van der Waals surface area contributed by atoms with Crippen molar-refractivity contribution in [1.82, 2.24) is 18.9 Å². The van der Waals surface area contributed by atoms with Crippen LogP contribution >= 0.6 is 0 Å². The van der Waals surface area contributed by atoms with E-state index in [4.69, 9.17) is 0 Å². The minimum Gasteiger partial charge on any atom is -0.315 e. The SMILES string of the molecule is CN(Cc1cccnc1)S(=O)(=O)N1CCCNCC1. The van der Waals surface area contributed by atoms with Gasteiger partial charge in [0.1, 0.15) is 0 Å². The summed E-state index contributed by atoms with van der Waals surface area (Å²) in [4.78, 5) is 4.00. The molecule has 6 nitrogen and oxygen atoms in total. The van der Waals surface area contributed by atoms with E-state index < -0.39 is 10.2 Å². The number of rotatable bonds is 4. The van der Waals surface area contributed by atoms with E-state index in [1.54, 1.807) is 23.7 Å². The van der Waals surface area contributed by atoms with E-state index in [9.17, 15) is 8.42 Å². The Bertz CT molecular complexity index is 484. The summed E-state index contributed by atoms with van der Waals surface area (Å²) in [6.07, 6.45) is 4.22. The fourth-order valence-electron chi connectivity index (χ4n) is 2.08. The Morgan fingerprint density at radius 2 is 2.26 bits per heavy atom. The molecule has 106 valence electrons. The number of nitrogens with one attached hydrogen (secondary N) is 1. The first-order valence-electron chi connectivity index (χ1n) is 6.42. The Morgan fingerprint density at radius 3 is 3.00 bits per heavy atom. The zero-order valence-electron chi connectivity index (χ0n) is 11.1. The Morgan fingerprint density at radius 1 is 1.42 bits per heavy atom. The van der Waals surface area contributed by atoms with Crippen LogP contribution in [0.25, 0.3) is 0 Å². The van der Waals surface area contributed by atoms with Gasteiger partial charge in [0.2, 0.25) is 0 Å². The number of nitrogens with zero attached hydrogens (tertiary/aromatic N) is 3. The number of pyridine rings is 1. The molecule has 1 saturated heterocycles. The van der Waals surface area contributed by atoms with Crippen molar-refractivity contribution in [3.63, 3.8) is 0 Å². The van der Waals surface area contributed by atoms with Crippen molar-refractivity contribution in [1.29, 1.82) is 0 Å². The predicted molar refractivity (Wildman–Crippen MR) is 73.7 cm³/mol. The summed E-state index contributed by atoms with van der Waals surface area (Å²) in [6.45, 7) is 3.03. The zero-order chi connectivity index (χ0) is 13.7. The average Bonchev–Trinajstić information content (AvgIpc) is 2.69. The molecule has 0 saturated carbocycles. The van der Waals surface area contributed by atoms with Gasteiger partial charge in [-0.1, -0.05) is 6.07 Å². The highest BCUT2D eigenvalue weighted by Crippen LogP contribution is 2.12. The normalized spacial score (nSPS) is 18.4. The maximum atomic E-state index is 12.4. The Kier molecular flexibility index (Phi) is 4.87. The molecule has 1 fully saturated rings. The second kappa shape index (κ2) is 6.42. The van der Waals surface area contributed by atoms with Gasteiger partial charge in [-0.2, -0.15) is 17.0 Å². The molecule has 1 N–H and O–H groups in total. The highest BCUT2D eigenvalue weighted by molar-refractivity contribution is 7.86. The first-order chi connectivity index (χ1) is 9.10. The van der Waals surface area contributed by atoms with Gasteiger partial charge in [0, 0.05) is 45.6 Å². The van der Waals surface area contributed by atoms with Gasteiger partial charge in [0.25, 0.3) is 10.2 Å². The smallest absolute Gasteiger partial charge is 0.282 e. The molecule has 1 aliphatic rings. The first kappa shape index (κ1) is 14.4. The molecular weight excluding hydrogens is 264 g/mol. The van der Waals surface area contributed by atoms with Gasteiger partial charge in [0.15, 0.2) is 0 Å². The molecule has 0 unspecified atom stereocenters. The Balaban J connectivity index is 2.05. The van der Waals surface area contributed by atoms with Crippen molar-refractivity contribution in [3.05, 3.63) is 30.1 Å². The molecule has 0 aliphatic carbocycles. The summed E-state index contributed by atoms with van der Waals surface area (Å²) in [5.41, 5.74) is 0.890. The van der Waals surface area contributed by atoms with Crippen LogP contribution in [0.5, 0.6) is 0 Å². The summed E-state index contributed by atoms with van der Waals surface area (Å²) in [7, 11) is -1.77. The standard InChI is InChI=1S/C12H20N4O2S/c1-15(11-12-4-2-5-14-10-12)19(17,18)16-8-3-6-13-7-9-16/h2,4-5,10,13H,3,6-9,11H2,1H3. The third-order valence-electron chi connectivity index (χ3n) is 3.15. The van der Waals surface area contributed by atoms with Crippen LogP contribution in [0.15, 0.2) is 24.5 Å². The maximum Gasteiger partial charge on any atom is 0.282 e. The van der Waals surface area contributed by atoms with Gasteiger partial charge in [-0.25, -0.2) is 0 Å². The number of hydrogen-bond acceptors (Lipinski definition) is 4. The molecule has 0 bridgehead atoms. The van der Waals surface area contributed by atoms with E-state index in [1.165, 1.54) is 4.31 Å². The monoisotopic (exact) mass is 284 g/mol. The van der Waals surface area contributed by atoms with Crippen molar-refractivity contribution in [2.24, 2.45) is 0 Å². The minimum atomic E-state index is -3.38. The molecule has 0 amide bonds. The van der Waals surface area contributed by atoms with Crippen LogP contribution in [0.3, 0.4) is 0 Å². The van der Waals surface area contributed by atoms with Crippen LogP contribution < -0.4 is 5.32 Å². The van der Waals surface area contributed by atoms with Gasteiger partial charge >= 0.3 is 0 Å². The number of hydrogen-bond donors (Lipinski definition) is 1. The summed E-state index contributed by atoms with van der Waals surface area (Å²) in [6, 6.07) is 3.69. The lowest BCUT2D eigenvalue weighted by molar-refractivity contribution is 0.367. The van der Waals surface area contributed by atoms with E-state index in [2.05, 4.69) is 10.3 Å². The fraction of sp³-hybridized carbons (Fsp3) is 0.583. The molecule has 1 aromatic rings. The van der Waals surface area contributed by atoms with Crippen LogP contribution in [0.4, 0.5) is 0 Å². The molecule has 19 heavy (non-hydrogen) atoms. The molecule has 0 aromatic carbocycles. The fourth-order valence-corrected chi connectivity index (χ4v) is 3.47. The van der Waals surface area contributed by atoms with Crippen molar-refractivity contribution in [2.75, 3.05) is 33.2 Å². The van der Waals surface area contributed by atoms with E-state index in [0.29, 0.717) is 26.2 Å². The van der Waals surface area contributed by atoms with Crippen LogP contribution in [-0.4, -0.2) is 55.2 Å². The highest BCUT2D eigenvalue weighted by atomic mass is 32.2. The second-order valence-corrected chi connectivity index (χ2v) is 6.66. The maximum absolute atomic E-state index is 12.4. The molecule has 7 heteroatoms. The zero-order valence-corrected chi connectivity index (χ0v) is 11.9. The molecule has 0 spiro atoms. The third-order valence-corrected chi connectivity index (χ3v) is 5.08. The quantitative estimate of drug-likeness (QED) is 0.849. The molecule has 1 aromatic heterocycles. The van der Waals surface area contributed by atoms with Gasteiger partial charge in [-0.3, -0.25) is 4.98 Å². The van der Waals surface area contributed by atoms with E-state index in [-0.39, 0.29) is 0 Å². The Labute approximate surface area is 114 Å². The van der Waals surface area contributed by atoms with Crippen LogP contribution in [0.1, 0.15) is 12.0 Å². The molecule has 0 atom stereocenters. The minimum absolute atomic E-state index is 0.347. The van der Waals surface area contributed by atoms with Crippen LogP contribution in [-0.2, 0) is 16.8 Å². The first-order valence-corrected chi connectivity index (χ1v) is 7.81. The van der Waals surface area contributed by atoms with Gasteiger partial charge < -0.3 is 5.32 Å². The van der Waals surface area contributed by atoms with Crippen molar-refractivity contribution in [3.8, 4) is 0 Å².